The van der Waals surface area contributed by atoms with Gasteiger partial charge in [0.05, 0.1) is 24.0 Å². The number of nitrogens with zero attached hydrogens (tertiary/aromatic N) is 2. The van der Waals surface area contributed by atoms with Gasteiger partial charge in [-0.3, -0.25) is 9.59 Å². The molecule has 1 N–H and O–H groups in total. The van der Waals surface area contributed by atoms with E-state index < -0.39 is 0 Å². The first-order valence-electron chi connectivity index (χ1n) is 9.45. The van der Waals surface area contributed by atoms with Crippen LogP contribution < -0.4 is 10.2 Å². The zero-order valence-electron chi connectivity index (χ0n) is 16.0. The number of amides is 2. The molecule has 2 amide bonds. The van der Waals surface area contributed by atoms with E-state index in [0.29, 0.717) is 17.9 Å². The second-order valence-corrected chi connectivity index (χ2v) is 7.86. The summed E-state index contributed by atoms with van der Waals surface area (Å²) in [5, 5.41) is 3.89. The summed E-state index contributed by atoms with van der Waals surface area (Å²) in [6.07, 6.45) is 1.74. The largest absolute Gasteiger partial charge is 0.346 e. The number of benzene rings is 2. The minimum atomic E-state index is -0.118. The Morgan fingerprint density at radius 1 is 1.10 bits per heavy atom. The number of carbonyl (C=O) groups excluding carboxylic acids is 2. The van der Waals surface area contributed by atoms with Gasteiger partial charge < -0.3 is 10.2 Å². The minimum absolute atomic E-state index is 0.0639. The van der Waals surface area contributed by atoms with Gasteiger partial charge in [0.2, 0.25) is 5.91 Å². The number of anilines is 1. The number of hydrogen-bond acceptors (Lipinski definition) is 4. The van der Waals surface area contributed by atoms with Crippen LogP contribution in [-0.2, 0) is 11.3 Å². The first kappa shape index (κ1) is 19.2. The molecule has 29 heavy (non-hydrogen) atoms. The molecule has 2 heterocycles. The number of pyridine rings is 1. The lowest BCUT2D eigenvalue weighted by molar-refractivity contribution is -0.116. The van der Waals surface area contributed by atoms with Crippen molar-refractivity contribution in [3.05, 3.63) is 89.6 Å². The molecule has 1 aromatic heterocycles. The number of hydrogen-bond donors (Lipinski definition) is 1. The molecule has 0 spiro atoms. The fourth-order valence-corrected chi connectivity index (χ4v) is 4.14. The molecule has 1 aliphatic rings. The van der Waals surface area contributed by atoms with Crippen LogP contribution in [0.5, 0.6) is 0 Å². The fraction of sp³-hybridized carbons (Fsp3) is 0.174. The summed E-state index contributed by atoms with van der Waals surface area (Å²) >= 11 is 1.47. The Kier molecular flexibility index (Phi) is 5.62. The Balaban J connectivity index is 1.44. The van der Waals surface area contributed by atoms with E-state index in [-0.39, 0.29) is 17.9 Å². The summed E-state index contributed by atoms with van der Waals surface area (Å²) in [5.74, 6) is 0.337. The minimum Gasteiger partial charge on any atom is -0.346 e. The average molecular weight is 404 g/mol. The number of nitrogens with one attached hydrogen (secondary N) is 1. The second kappa shape index (κ2) is 8.49. The maximum Gasteiger partial charge on any atom is 0.251 e. The van der Waals surface area contributed by atoms with E-state index in [4.69, 9.17) is 0 Å². The molecule has 2 aromatic carbocycles. The van der Waals surface area contributed by atoms with Crippen molar-refractivity contribution in [3.63, 3.8) is 0 Å². The van der Waals surface area contributed by atoms with Gasteiger partial charge >= 0.3 is 0 Å². The summed E-state index contributed by atoms with van der Waals surface area (Å²) in [6.45, 7) is 2.42. The molecule has 3 aromatic rings. The van der Waals surface area contributed by atoms with Crippen molar-refractivity contribution in [1.82, 2.24) is 10.3 Å². The summed E-state index contributed by atoms with van der Waals surface area (Å²) in [4.78, 5) is 31.1. The first-order chi connectivity index (χ1) is 14.1. The predicted octanol–water partition coefficient (Wildman–Crippen LogP) is 4.21. The summed E-state index contributed by atoms with van der Waals surface area (Å²) in [5.41, 5.74) is 3.46. The topological polar surface area (TPSA) is 62.3 Å². The van der Waals surface area contributed by atoms with Crippen LogP contribution in [0, 0.1) is 0 Å². The van der Waals surface area contributed by atoms with E-state index in [1.807, 2.05) is 61.5 Å². The van der Waals surface area contributed by atoms with E-state index >= 15 is 0 Å². The van der Waals surface area contributed by atoms with Crippen LogP contribution >= 0.6 is 11.8 Å². The van der Waals surface area contributed by atoms with Gasteiger partial charge in [0, 0.05) is 11.8 Å². The molecular formula is C23H21N3O2S. The molecule has 0 saturated carbocycles. The van der Waals surface area contributed by atoms with Crippen molar-refractivity contribution in [3.8, 4) is 0 Å². The lowest BCUT2D eigenvalue weighted by Gasteiger charge is -2.28. The van der Waals surface area contributed by atoms with E-state index in [1.54, 1.807) is 23.2 Å². The molecule has 5 nitrogen and oxygen atoms in total. The molecule has 4 rings (SSSR count). The van der Waals surface area contributed by atoms with E-state index in [2.05, 4.69) is 10.3 Å². The highest BCUT2D eigenvalue weighted by molar-refractivity contribution is 8.00. The first-order valence-corrected chi connectivity index (χ1v) is 10.4. The van der Waals surface area contributed by atoms with Gasteiger partial charge in [0.15, 0.2) is 0 Å². The van der Waals surface area contributed by atoms with Crippen LogP contribution in [0.2, 0.25) is 0 Å². The second-order valence-electron chi connectivity index (χ2n) is 6.90. The van der Waals surface area contributed by atoms with Gasteiger partial charge in [-0.15, -0.1) is 0 Å². The van der Waals surface area contributed by atoms with E-state index in [1.165, 1.54) is 11.8 Å². The average Bonchev–Trinajstić information content (AvgIpc) is 2.77. The van der Waals surface area contributed by atoms with E-state index in [0.717, 1.165) is 21.8 Å². The summed E-state index contributed by atoms with van der Waals surface area (Å²) in [7, 11) is 0. The van der Waals surface area contributed by atoms with Crippen LogP contribution in [0.4, 0.5) is 5.69 Å². The molecule has 0 fully saturated rings. The van der Waals surface area contributed by atoms with Crippen LogP contribution in [0.15, 0.2) is 78.0 Å². The van der Waals surface area contributed by atoms with Crippen molar-refractivity contribution in [1.29, 1.82) is 0 Å². The number of fused-ring (bicyclic) bond motifs is 1. The van der Waals surface area contributed by atoms with Crippen molar-refractivity contribution in [2.24, 2.45) is 0 Å². The third-order valence-electron chi connectivity index (χ3n) is 4.88. The van der Waals surface area contributed by atoms with Crippen LogP contribution in [0.3, 0.4) is 0 Å². The molecular weight excluding hydrogens is 382 g/mol. The standard InChI is InChI=1S/C23H21N3O2S/c1-16(18-6-3-2-4-7-18)25-22(28)19-11-9-17(10-12-19)14-26-20-8-5-13-24-23(20)29-15-21(26)27/h2-13,16H,14-15H2,1H3,(H,25,28)/t16-/m0/s1. The number of thioether (sulfide) groups is 1. The molecule has 0 unspecified atom stereocenters. The Labute approximate surface area is 174 Å². The van der Waals surface area contributed by atoms with Gasteiger partial charge in [-0.05, 0) is 42.3 Å². The lowest BCUT2D eigenvalue weighted by Crippen LogP contribution is -2.35. The molecule has 1 aliphatic heterocycles. The van der Waals surface area contributed by atoms with Crippen molar-refractivity contribution < 1.29 is 9.59 Å². The number of carbonyl (C=O) groups is 2. The van der Waals surface area contributed by atoms with Crippen molar-refractivity contribution in [2.45, 2.75) is 24.5 Å². The Bertz CT molecular complexity index is 1020. The maximum atomic E-state index is 12.6. The Hall–Kier alpha value is -3.12. The number of aromatic nitrogens is 1. The van der Waals surface area contributed by atoms with Crippen molar-refractivity contribution >= 4 is 29.3 Å². The zero-order valence-corrected chi connectivity index (χ0v) is 16.9. The SMILES string of the molecule is C[C@H](NC(=O)c1ccc(CN2C(=O)CSc3ncccc32)cc1)c1ccccc1. The number of rotatable bonds is 5. The van der Waals surface area contributed by atoms with Gasteiger partial charge in [0.25, 0.3) is 5.91 Å². The molecule has 0 saturated heterocycles. The Morgan fingerprint density at radius 2 is 1.86 bits per heavy atom. The molecule has 0 bridgehead atoms. The molecule has 6 heteroatoms. The van der Waals surface area contributed by atoms with Gasteiger partial charge in [-0.2, -0.15) is 0 Å². The smallest absolute Gasteiger partial charge is 0.251 e. The van der Waals surface area contributed by atoms with Crippen LogP contribution in [-0.4, -0.2) is 22.6 Å². The molecule has 0 aliphatic carbocycles. The van der Waals surface area contributed by atoms with Crippen LogP contribution in [0.25, 0.3) is 0 Å². The van der Waals surface area contributed by atoms with Gasteiger partial charge in [0.1, 0.15) is 5.03 Å². The molecule has 1 atom stereocenters. The maximum absolute atomic E-state index is 12.6. The Morgan fingerprint density at radius 3 is 2.62 bits per heavy atom. The van der Waals surface area contributed by atoms with Crippen LogP contribution in [0.1, 0.15) is 34.5 Å². The monoisotopic (exact) mass is 403 g/mol. The third kappa shape index (κ3) is 4.32. The van der Waals surface area contributed by atoms with Gasteiger partial charge in [-0.1, -0.05) is 54.2 Å². The predicted molar refractivity (Wildman–Crippen MR) is 115 cm³/mol. The highest BCUT2D eigenvalue weighted by Gasteiger charge is 2.25. The lowest BCUT2D eigenvalue weighted by atomic mass is 10.1. The quantitative estimate of drug-likeness (QED) is 0.693. The molecule has 146 valence electrons. The van der Waals surface area contributed by atoms with Gasteiger partial charge in [-0.25, -0.2) is 4.98 Å². The summed E-state index contributed by atoms with van der Waals surface area (Å²) in [6, 6.07) is 20.9. The zero-order chi connectivity index (χ0) is 20.2. The van der Waals surface area contributed by atoms with Crippen molar-refractivity contribution in [2.75, 3.05) is 10.7 Å². The summed E-state index contributed by atoms with van der Waals surface area (Å²) < 4.78 is 0. The normalized spacial score (nSPS) is 14.2. The molecule has 0 radical (unpaired) electrons. The highest BCUT2D eigenvalue weighted by atomic mass is 32.2. The third-order valence-corrected chi connectivity index (χ3v) is 5.86. The fourth-order valence-electron chi connectivity index (χ4n) is 3.26. The highest BCUT2D eigenvalue weighted by Crippen LogP contribution is 2.34. The van der Waals surface area contributed by atoms with E-state index in [9.17, 15) is 9.59 Å².